The predicted octanol–water partition coefficient (Wildman–Crippen LogP) is 6.21. The summed E-state index contributed by atoms with van der Waals surface area (Å²) in [5.41, 5.74) is 6.73. The monoisotopic (exact) mass is 452 g/mol. The summed E-state index contributed by atoms with van der Waals surface area (Å²) in [6, 6.07) is 19.0. The first-order valence-corrected chi connectivity index (χ1v) is 12.5. The molecule has 0 N–H and O–H groups in total. The number of allylic oxidation sites excluding steroid dienone is 1. The summed E-state index contributed by atoms with van der Waals surface area (Å²) in [5, 5.41) is 4.73. The van der Waals surface area contributed by atoms with Crippen molar-refractivity contribution in [3.63, 3.8) is 0 Å². The lowest BCUT2D eigenvalue weighted by Gasteiger charge is -2.48. The lowest BCUT2D eigenvalue weighted by Crippen LogP contribution is -2.42. The molecule has 6 rings (SSSR count). The fourth-order valence-corrected chi connectivity index (χ4v) is 7.10. The van der Waals surface area contributed by atoms with Crippen LogP contribution >= 0.6 is 0 Å². The normalized spacial score (nSPS) is 29.0. The molecular formula is C30H32N2O2. The van der Waals surface area contributed by atoms with Crippen molar-refractivity contribution >= 4 is 11.9 Å². The van der Waals surface area contributed by atoms with E-state index in [1.165, 1.54) is 11.1 Å². The summed E-state index contributed by atoms with van der Waals surface area (Å²) < 4.78 is 7.38. The van der Waals surface area contributed by atoms with Crippen molar-refractivity contribution in [1.29, 1.82) is 0 Å². The van der Waals surface area contributed by atoms with Crippen LogP contribution in [0.3, 0.4) is 0 Å². The molecular weight excluding hydrogens is 420 g/mol. The van der Waals surface area contributed by atoms with E-state index >= 15 is 0 Å². The third kappa shape index (κ3) is 3.26. The predicted molar refractivity (Wildman–Crippen MR) is 135 cm³/mol. The molecule has 0 unspecified atom stereocenters. The lowest BCUT2D eigenvalue weighted by atomic mass is 9.55. The van der Waals surface area contributed by atoms with Crippen LogP contribution in [-0.2, 0) is 18.3 Å². The van der Waals surface area contributed by atoms with Gasteiger partial charge in [0.25, 0.3) is 0 Å². The van der Waals surface area contributed by atoms with Crippen molar-refractivity contribution < 1.29 is 9.53 Å². The second kappa shape index (κ2) is 7.97. The van der Waals surface area contributed by atoms with Gasteiger partial charge in [0.05, 0.1) is 18.5 Å². The highest BCUT2D eigenvalue weighted by Gasteiger charge is 2.56. The fourth-order valence-electron chi connectivity index (χ4n) is 7.10. The molecule has 4 nitrogen and oxygen atoms in total. The minimum absolute atomic E-state index is 0.242. The van der Waals surface area contributed by atoms with Crippen molar-refractivity contribution in [2.24, 2.45) is 24.3 Å². The Balaban J connectivity index is 1.31. The van der Waals surface area contributed by atoms with Crippen LogP contribution in [0.25, 0.3) is 17.3 Å². The number of methoxy groups -OCH3 is 1. The number of hydrogen-bond acceptors (Lipinski definition) is 3. The summed E-state index contributed by atoms with van der Waals surface area (Å²) in [6.07, 6.45) is 7.24. The van der Waals surface area contributed by atoms with Crippen molar-refractivity contribution in [2.75, 3.05) is 7.11 Å². The van der Waals surface area contributed by atoms with E-state index in [2.05, 4.69) is 49.4 Å². The van der Waals surface area contributed by atoms with E-state index in [9.17, 15) is 4.79 Å². The van der Waals surface area contributed by atoms with Gasteiger partial charge in [0, 0.05) is 12.5 Å². The second-order valence-corrected chi connectivity index (χ2v) is 10.6. The fraction of sp³-hybridized carbons (Fsp3) is 0.400. The van der Waals surface area contributed by atoms with Gasteiger partial charge in [-0.25, -0.2) is 0 Å². The number of carbonyl (C=O) groups excluding carboxylic acids is 1. The molecule has 34 heavy (non-hydrogen) atoms. The molecule has 0 spiro atoms. The Labute approximate surface area is 201 Å². The Hall–Kier alpha value is -3.14. The van der Waals surface area contributed by atoms with Gasteiger partial charge in [-0.3, -0.25) is 9.48 Å². The molecule has 4 atom stereocenters. The van der Waals surface area contributed by atoms with Gasteiger partial charge in [-0.15, -0.1) is 0 Å². The van der Waals surface area contributed by atoms with Gasteiger partial charge >= 0.3 is 0 Å². The van der Waals surface area contributed by atoms with Gasteiger partial charge in [-0.05, 0) is 96.4 Å². The molecule has 1 heterocycles. The van der Waals surface area contributed by atoms with E-state index in [-0.39, 0.29) is 5.41 Å². The highest BCUT2D eigenvalue weighted by Crippen LogP contribution is 2.60. The number of Topliss-reactive ketones (excluding diaryl/α,β-unsaturated/α-hetero) is 1. The molecule has 0 radical (unpaired) electrons. The minimum Gasteiger partial charge on any atom is -0.497 e. The average Bonchev–Trinajstić information content (AvgIpc) is 3.35. The Morgan fingerprint density at radius 1 is 1.12 bits per heavy atom. The zero-order chi connectivity index (χ0) is 23.4. The van der Waals surface area contributed by atoms with Crippen LogP contribution < -0.4 is 4.74 Å². The molecule has 2 aromatic carbocycles. The summed E-state index contributed by atoms with van der Waals surface area (Å²) in [6.45, 7) is 2.23. The minimum atomic E-state index is -0.242. The van der Waals surface area contributed by atoms with Crippen LogP contribution in [0.2, 0.25) is 0 Å². The number of ether oxygens (including phenoxy) is 1. The molecule has 0 bridgehead atoms. The van der Waals surface area contributed by atoms with Crippen molar-refractivity contribution in [3.8, 4) is 17.0 Å². The zero-order valence-electron chi connectivity index (χ0n) is 20.3. The molecule has 3 aliphatic carbocycles. The van der Waals surface area contributed by atoms with Crippen molar-refractivity contribution in [1.82, 2.24) is 9.78 Å². The molecule has 3 aromatic rings. The van der Waals surface area contributed by atoms with Gasteiger partial charge in [0.1, 0.15) is 5.75 Å². The van der Waals surface area contributed by atoms with Gasteiger partial charge in [-0.1, -0.05) is 43.3 Å². The van der Waals surface area contributed by atoms with Crippen molar-refractivity contribution in [3.05, 3.63) is 77.0 Å². The quantitative estimate of drug-likeness (QED) is 0.444. The molecule has 3 aliphatic rings. The van der Waals surface area contributed by atoms with E-state index in [1.54, 1.807) is 7.11 Å². The van der Waals surface area contributed by atoms with Crippen molar-refractivity contribution in [2.45, 2.75) is 44.9 Å². The number of aromatic nitrogens is 2. The molecule has 0 saturated heterocycles. The number of fused-ring (bicyclic) bond motifs is 5. The molecule has 0 amide bonds. The number of hydrogen-bond donors (Lipinski definition) is 0. The van der Waals surface area contributed by atoms with E-state index in [0.717, 1.165) is 60.4 Å². The Bertz CT molecular complexity index is 1290. The first-order chi connectivity index (χ1) is 16.5. The van der Waals surface area contributed by atoms with Crippen LogP contribution in [0.1, 0.15) is 55.3 Å². The number of rotatable bonds is 3. The molecule has 2 saturated carbocycles. The number of benzene rings is 2. The maximum atomic E-state index is 13.7. The lowest BCUT2D eigenvalue weighted by molar-refractivity contribution is -0.127. The largest absolute Gasteiger partial charge is 0.497 e. The Morgan fingerprint density at radius 2 is 1.94 bits per heavy atom. The van der Waals surface area contributed by atoms with E-state index in [0.29, 0.717) is 23.5 Å². The SMILES string of the molecule is COc1ccc2c(c1)CC[C@H]1[C@H]2CC[C@@]2(C)C(=O)/C(=C/c3cc(-c4ccccc4)n(C)n3)C[C@@H]12. The maximum Gasteiger partial charge on any atom is 0.165 e. The van der Waals surface area contributed by atoms with E-state index in [1.807, 2.05) is 29.9 Å². The molecule has 4 heteroatoms. The van der Waals surface area contributed by atoms with Crippen LogP contribution in [-0.4, -0.2) is 22.7 Å². The molecule has 2 fully saturated rings. The highest BCUT2D eigenvalue weighted by molar-refractivity contribution is 6.05. The smallest absolute Gasteiger partial charge is 0.165 e. The topological polar surface area (TPSA) is 44.1 Å². The molecule has 0 aliphatic heterocycles. The summed E-state index contributed by atoms with van der Waals surface area (Å²) in [4.78, 5) is 13.7. The maximum absolute atomic E-state index is 13.7. The van der Waals surface area contributed by atoms with Crippen LogP contribution in [0.15, 0.2) is 60.2 Å². The van der Waals surface area contributed by atoms with Gasteiger partial charge in [0.2, 0.25) is 0 Å². The standard InChI is InChI=1S/C30H32N2O2/c1-30-14-13-25-24-12-10-23(34-3)16-20(24)9-11-26(25)27(30)17-21(29(30)33)15-22-18-28(32(2)31-22)19-7-5-4-6-8-19/h4-8,10,12,15-16,18,25-27H,9,11,13-14,17H2,1-3H3/b21-15+/t25-,26-,27-,30+/m0/s1. The van der Waals surface area contributed by atoms with Gasteiger partial charge in [0.15, 0.2) is 5.78 Å². The number of carbonyl (C=O) groups is 1. The molecule has 1 aromatic heterocycles. The summed E-state index contributed by atoms with van der Waals surface area (Å²) >= 11 is 0. The van der Waals surface area contributed by atoms with Crippen LogP contribution in [0.5, 0.6) is 5.75 Å². The summed E-state index contributed by atoms with van der Waals surface area (Å²) in [5.74, 6) is 2.84. The highest BCUT2D eigenvalue weighted by atomic mass is 16.5. The van der Waals surface area contributed by atoms with E-state index < -0.39 is 0 Å². The van der Waals surface area contributed by atoms with E-state index in [4.69, 9.17) is 9.84 Å². The average molecular weight is 453 g/mol. The first-order valence-electron chi connectivity index (χ1n) is 12.5. The second-order valence-electron chi connectivity index (χ2n) is 10.6. The number of aryl methyl sites for hydroxylation is 2. The van der Waals surface area contributed by atoms with Crippen LogP contribution in [0.4, 0.5) is 0 Å². The zero-order valence-corrected chi connectivity index (χ0v) is 20.3. The van der Waals surface area contributed by atoms with Gasteiger partial charge in [-0.2, -0.15) is 5.10 Å². The molecule has 174 valence electrons. The van der Waals surface area contributed by atoms with Gasteiger partial charge < -0.3 is 4.74 Å². The first kappa shape index (κ1) is 21.4. The third-order valence-electron chi connectivity index (χ3n) is 8.86. The number of ketones is 1. The van der Waals surface area contributed by atoms with Crippen LogP contribution in [0, 0.1) is 17.3 Å². The Kier molecular flexibility index (Phi) is 5.02. The third-order valence-corrected chi connectivity index (χ3v) is 8.86. The Morgan fingerprint density at radius 3 is 2.74 bits per heavy atom. The summed E-state index contributed by atoms with van der Waals surface area (Å²) in [7, 11) is 3.71. The number of nitrogens with zero attached hydrogens (tertiary/aromatic N) is 2.